The van der Waals surface area contributed by atoms with Gasteiger partial charge in [-0.2, -0.15) is 0 Å². The third kappa shape index (κ3) is 3.22. The van der Waals surface area contributed by atoms with Gasteiger partial charge in [-0.05, 0) is 51.1 Å². The van der Waals surface area contributed by atoms with Crippen LogP contribution in [0.15, 0.2) is 77.3 Å². The summed E-state index contributed by atoms with van der Waals surface area (Å²) in [5.41, 5.74) is 7.80. The maximum atomic E-state index is 12.7. The Balaban J connectivity index is 1.36. The average molecular weight is 385 g/mol. The summed E-state index contributed by atoms with van der Waals surface area (Å²) < 4.78 is 18.3. The highest BCUT2D eigenvalue weighted by molar-refractivity contribution is 7.44. The molecule has 0 radical (unpaired) electrons. The van der Waals surface area contributed by atoms with Gasteiger partial charge in [-0.1, -0.05) is 36.4 Å². The second-order valence-corrected chi connectivity index (χ2v) is 8.28. The van der Waals surface area contributed by atoms with Gasteiger partial charge in [-0.25, -0.2) is 0 Å². The zero-order valence-corrected chi connectivity index (χ0v) is 16.1. The molecule has 136 valence electrons. The molecule has 0 bridgehead atoms. The third-order valence-electron chi connectivity index (χ3n) is 5.10. The van der Waals surface area contributed by atoms with Crippen molar-refractivity contribution in [3.8, 4) is 0 Å². The molecule has 2 aliphatic rings. The molecule has 5 heteroatoms. The van der Waals surface area contributed by atoms with E-state index < -0.39 is 8.03 Å². The van der Waals surface area contributed by atoms with E-state index in [0.717, 1.165) is 33.3 Å². The van der Waals surface area contributed by atoms with Crippen molar-refractivity contribution in [2.45, 2.75) is 19.6 Å². The molecule has 1 atom stereocenters. The van der Waals surface area contributed by atoms with Crippen LogP contribution in [0.1, 0.15) is 33.4 Å². The first-order valence-corrected chi connectivity index (χ1v) is 10.4. The van der Waals surface area contributed by atoms with Crippen LogP contribution < -0.4 is 0 Å². The maximum Gasteiger partial charge on any atom is 0.544 e. The molecule has 1 aliphatic carbocycles. The predicted molar refractivity (Wildman–Crippen MR) is 111 cm³/mol. The summed E-state index contributed by atoms with van der Waals surface area (Å²) in [6, 6.07) is 18.2. The normalized spacial score (nSPS) is 14.9. The SMILES string of the molecule is O=[P+](OCc1ccccc1)C1=Cc2cc3c(cc2C1)CN=C3c1ccncc1. The fraction of sp³-hybridized carbons (Fsp3) is 0.130. The minimum absolute atomic E-state index is 0.360. The summed E-state index contributed by atoms with van der Waals surface area (Å²) in [7, 11) is -1.84. The predicted octanol–water partition coefficient (Wildman–Crippen LogP) is 5.29. The molecule has 4 nitrogen and oxygen atoms in total. The summed E-state index contributed by atoms with van der Waals surface area (Å²) in [6.45, 7) is 1.05. The molecule has 2 aromatic carbocycles. The number of aliphatic imine (C=N–C) groups is 1. The van der Waals surface area contributed by atoms with Gasteiger partial charge in [0.1, 0.15) is 6.61 Å². The smallest absolute Gasteiger partial charge is 0.279 e. The number of rotatable bonds is 5. The second-order valence-electron chi connectivity index (χ2n) is 6.94. The maximum absolute atomic E-state index is 12.7. The molecule has 3 aromatic rings. The minimum atomic E-state index is -1.84. The van der Waals surface area contributed by atoms with Crippen LogP contribution in [0.4, 0.5) is 0 Å². The first-order chi connectivity index (χ1) is 13.8. The van der Waals surface area contributed by atoms with Gasteiger partial charge < -0.3 is 0 Å². The van der Waals surface area contributed by atoms with Crippen molar-refractivity contribution in [2.75, 3.05) is 0 Å². The Labute approximate surface area is 164 Å². The van der Waals surface area contributed by atoms with Gasteiger partial charge >= 0.3 is 8.03 Å². The van der Waals surface area contributed by atoms with Gasteiger partial charge in [0.05, 0.1) is 12.3 Å². The van der Waals surface area contributed by atoms with Gasteiger partial charge in [0.2, 0.25) is 5.31 Å². The number of aromatic nitrogens is 1. The molecule has 0 spiro atoms. The molecule has 1 aliphatic heterocycles. The molecule has 2 heterocycles. The number of benzene rings is 2. The van der Waals surface area contributed by atoms with E-state index in [1.165, 1.54) is 11.1 Å². The lowest BCUT2D eigenvalue weighted by Crippen LogP contribution is -2.02. The Kier molecular flexibility index (Phi) is 4.44. The lowest BCUT2D eigenvalue weighted by molar-refractivity contribution is 0.322. The number of pyridine rings is 1. The third-order valence-corrected chi connectivity index (χ3v) is 6.22. The molecular formula is C23H18N2O2P+. The van der Waals surface area contributed by atoms with Crippen LogP contribution in [-0.2, 0) is 28.7 Å². The number of fused-ring (bicyclic) bond motifs is 2. The van der Waals surface area contributed by atoms with Gasteiger partial charge in [0.15, 0.2) is 0 Å². The van der Waals surface area contributed by atoms with Gasteiger partial charge in [-0.15, -0.1) is 4.52 Å². The average Bonchev–Trinajstić information content (AvgIpc) is 3.35. The summed E-state index contributed by atoms with van der Waals surface area (Å²) in [5, 5.41) is 0.854. The molecule has 0 N–H and O–H groups in total. The quantitative estimate of drug-likeness (QED) is 0.561. The van der Waals surface area contributed by atoms with Crippen LogP contribution in [0, 0.1) is 0 Å². The summed E-state index contributed by atoms with van der Waals surface area (Å²) >= 11 is 0. The Morgan fingerprint density at radius 3 is 2.64 bits per heavy atom. The lowest BCUT2D eigenvalue weighted by Gasteiger charge is -2.06. The Morgan fingerprint density at radius 1 is 1.00 bits per heavy atom. The van der Waals surface area contributed by atoms with Crippen LogP contribution in [0.5, 0.6) is 0 Å². The molecular weight excluding hydrogens is 367 g/mol. The molecule has 28 heavy (non-hydrogen) atoms. The monoisotopic (exact) mass is 385 g/mol. The van der Waals surface area contributed by atoms with Crippen molar-refractivity contribution in [3.63, 3.8) is 0 Å². The van der Waals surface area contributed by atoms with Crippen molar-refractivity contribution < 1.29 is 9.09 Å². The van der Waals surface area contributed by atoms with E-state index in [4.69, 9.17) is 9.52 Å². The number of nitrogens with zero attached hydrogens (tertiary/aromatic N) is 2. The van der Waals surface area contributed by atoms with E-state index in [2.05, 4.69) is 17.1 Å². The Morgan fingerprint density at radius 2 is 1.82 bits per heavy atom. The number of hydrogen-bond acceptors (Lipinski definition) is 4. The van der Waals surface area contributed by atoms with Crippen LogP contribution in [0.2, 0.25) is 0 Å². The zero-order chi connectivity index (χ0) is 18.9. The van der Waals surface area contributed by atoms with E-state index >= 15 is 0 Å². The van der Waals surface area contributed by atoms with Gasteiger partial charge in [0, 0.05) is 29.9 Å². The summed E-state index contributed by atoms with van der Waals surface area (Å²) in [6.07, 6.45) is 6.27. The summed E-state index contributed by atoms with van der Waals surface area (Å²) in [5.74, 6) is 0. The van der Waals surface area contributed by atoms with Crippen LogP contribution >= 0.6 is 8.03 Å². The van der Waals surface area contributed by atoms with Crippen molar-refractivity contribution in [3.05, 3.63) is 106 Å². The van der Waals surface area contributed by atoms with E-state index in [1.807, 2.05) is 48.5 Å². The number of allylic oxidation sites excluding steroid dienone is 1. The highest BCUT2D eigenvalue weighted by atomic mass is 31.1. The van der Waals surface area contributed by atoms with Crippen molar-refractivity contribution >= 4 is 19.8 Å². The fourth-order valence-corrected chi connectivity index (χ4v) is 4.67. The van der Waals surface area contributed by atoms with E-state index in [1.54, 1.807) is 12.4 Å². The molecule has 0 saturated heterocycles. The van der Waals surface area contributed by atoms with Gasteiger partial charge in [0.25, 0.3) is 0 Å². The molecule has 1 aromatic heterocycles. The number of hydrogen-bond donors (Lipinski definition) is 0. The van der Waals surface area contributed by atoms with Gasteiger partial charge in [-0.3, -0.25) is 9.98 Å². The van der Waals surface area contributed by atoms with Crippen molar-refractivity contribution in [1.82, 2.24) is 4.98 Å². The second kappa shape index (κ2) is 7.23. The largest absolute Gasteiger partial charge is 0.544 e. The minimum Gasteiger partial charge on any atom is -0.279 e. The molecule has 0 saturated carbocycles. The van der Waals surface area contributed by atoms with Crippen LogP contribution in [0.3, 0.4) is 0 Å². The first kappa shape index (κ1) is 17.2. The summed E-state index contributed by atoms with van der Waals surface area (Å²) in [4.78, 5) is 8.81. The van der Waals surface area contributed by atoms with Crippen molar-refractivity contribution in [1.29, 1.82) is 0 Å². The Hall–Kier alpha value is -2.94. The fourth-order valence-electron chi connectivity index (χ4n) is 3.69. The highest BCUT2D eigenvalue weighted by Crippen LogP contribution is 2.43. The molecule has 0 amide bonds. The van der Waals surface area contributed by atoms with E-state index in [9.17, 15) is 4.57 Å². The molecule has 1 unspecified atom stereocenters. The zero-order valence-electron chi connectivity index (χ0n) is 15.2. The topological polar surface area (TPSA) is 51.5 Å². The molecule has 5 rings (SSSR count). The van der Waals surface area contributed by atoms with Crippen molar-refractivity contribution in [2.24, 2.45) is 4.99 Å². The standard InChI is InChI=1S/C23H18N2O2P/c26-28(27-15-16-4-2-1-3-5-16)21-11-18-10-20-14-25-23(17-6-8-24-9-7-17)22(20)13-19(18)12-21/h1-10,12-13H,11,14-15H2/q+1. The van der Waals surface area contributed by atoms with E-state index in [-0.39, 0.29) is 0 Å². The van der Waals surface area contributed by atoms with Crippen LogP contribution in [-0.4, -0.2) is 10.7 Å². The lowest BCUT2D eigenvalue weighted by atomic mass is 9.96. The van der Waals surface area contributed by atoms with E-state index in [0.29, 0.717) is 19.6 Å². The first-order valence-electron chi connectivity index (χ1n) is 9.23. The highest BCUT2D eigenvalue weighted by Gasteiger charge is 2.32. The van der Waals surface area contributed by atoms with Crippen LogP contribution in [0.25, 0.3) is 6.08 Å². The Bertz CT molecular complexity index is 1120. The molecule has 0 fully saturated rings.